The predicted octanol–water partition coefficient (Wildman–Crippen LogP) is 5.19. The first-order valence-electron chi connectivity index (χ1n) is 9.27. The number of aliphatic hydroxyl groups excluding tert-OH is 1. The SMILES string of the molecule is C[C@]12CC[C@H](O)C[C@@H]1CC[C@@H]1[C@@H]2CC[C@]2(C)[C@@H](I)CC[C@@H]12. The van der Waals surface area contributed by atoms with E-state index in [9.17, 15) is 5.11 Å². The third kappa shape index (κ3) is 2.10. The molecule has 2 heteroatoms. The average Bonchev–Trinajstić information content (AvgIpc) is 2.76. The molecule has 8 atom stereocenters. The van der Waals surface area contributed by atoms with Crippen LogP contribution in [0.3, 0.4) is 0 Å². The maximum atomic E-state index is 10.1. The van der Waals surface area contributed by atoms with Gasteiger partial charge in [-0.05, 0) is 92.3 Å². The van der Waals surface area contributed by atoms with Crippen molar-refractivity contribution in [3.8, 4) is 0 Å². The van der Waals surface area contributed by atoms with E-state index in [0.29, 0.717) is 10.8 Å². The average molecular weight is 402 g/mol. The Morgan fingerprint density at radius 2 is 1.57 bits per heavy atom. The lowest BCUT2D eigenvalue weighted by Crippen LogP contribution is -2.54. The summed E-state index contributed by atoms with van der Waals surface area (Å²) in [6, 6.07) is 0. The first kappa shape index (κ1) is 15.2. The number of hydrogen-bond donors (Lipinski definition) is 1. The van der Waals surface area contributed by atoms with Crippen molar-refractivity contribution >= 4 is 22.6 Å². The lowest BCUT2D eigenvalue weighted by atomic mass is 9.45. The monoisotopic (exact) mass is 402 g/mol. The van der Waals surface area contributed by atoms with Crippen LogP contribution in [-0.4, -0.2) is 15.1 Å². The third-order valence-electron chi connectivity index (χ3n) is 8.52. The summed E-state index contributed by atoms with van der Waals surface area (Å²) in [6.45, 7) is 5.20. The van der Waals surface area contributed by atoms with Crippen LogP contribution in [0.5, 0.6) is 0 Å². The van der Waals surface area contributed by atoms with Gasteiger partial charge in [-0.25, -0.2) is 0 Å². The molecule has 0 heterocycles. The number of fused-ring (bicyclic) bond motifs is 5. The largest absolute Gasteiger partial charge is 0.393 e. The van der Waals surface area contributed by atoms with Crippen LogP contribution in [-0.2, 0) is 0 Å². The van der Waals surface area contributed by atoms with Crippen molar-refractivity contribution in [2.75, 3.05) is 0 Å². The Morgan fingerprint density at radius 1 is 0.857 bits per heavy atom. The molecule has 0 aliphatic heterocycles. The summed E-state index contributed by atoms with van der Waals surface area (Å²) in [5, 5.41) is 10.1. The molecule has 0 aromatic carbocycles. The fraction of sp³-hybridized carbons (Fsp3) is 1.00. The van der Waals surface area contributed by atoms with Crippen LogP contribution >= 0.6 is 22.6 Å². The van der Waals surface area contributed by atoms with E-state index in [2.05, 4.69) is 36.4 Å². The molecule has 0 aromatic heterocycles. The second-order valence-corrected chi connectivity index (χ2v) is 10.7. The van der Waals surface area contributed by atoms with E-state index < -0.39 is 0 Å². The van der Waals surface area contributed by atoms with Gasteiger partial charge in [-0.15, -0.1) is 0 Å². The molecule has 4 fully saturated rings. The lowest BCUT2D eigenvalue weighted by molar-refractivity contribution is -0.119. The van der Waals surface area contributed by atoms with Crippen molar-refractivity contribution in [1.29, 1.82) is 0 Å². The van der Waals surface area contributed by atoms with Crippen LogP contribution < -0.4 is 0 Å². The van der Waals surface area contributed by atoms with Gasteiger partial charge in [0.15, 0.2) is 0 Å². The van der Waals surface area contributed by atoms with Crippen molar-refractivity contribution in [3.05, 3.63) is 0 Å². The minimum absolute atomic E-state index is 0.00121. The maximum Gasteiger partial charge on any atom is 0.0543 e. The Bertz CT molecular complexity index is 424. The Hall–Kier alpha value is 0.690. The first-order chi connectivity index (χ1) is 9.95. The Kier molecular flexibility index (Phi) is 3.69. The van der Waals surface area contributed by atoms with Crippen LogP contribution in [0.4, 0.5) is 0 Å². The summed E-state index contributed by atoms with van der Waals surface area (Å²) < 4.78 is 0.916. The molecule has 21 heavy (non-hydrogen) atoms. The van der Waals surface area contributed by atoms with Crippen molar-refractivity contribution < 1.29 is 5.11 Å². The molecule has 0 unspecified atom stereocenters. The van der Waals surface area contributed by atoms with E-state index in [4.69, 9.17) is 0 Å². The van der Waals surface area contributed by atoms with Gasteiger partial charge in [0.1, 0.15) is 0 Å². The molecule has 0 radical (unpaired) electrons. The molecule has 4 aliphatic carbocycles. The van der Waals surface area contributed by atoms with Gasteiger partial charge in [-0.3, -0.25) is 0 Å². The molecular weight excluding hydrogens is 371 g/mol. The van der Waals surface area contributed by atoms with Crippen LogP contribution in [0.15, 0.2) is 0 Å². The first-order valence-corrected chi connectivity index (χ1v) is 10.5. The van der Waals surface area contributed by atoms with Gasteiger partial charge in [-0.2, -0.15) is 0 Å². The van der Waals surface area contributed by atoms with Gasteiger partial charge in [0.25, 0.3) is 0 Å². The van der Waals surface area contributed by atoms with Gasteiger partial charge >= 0.3 is 0 Å². The highest BCUT2D eigenvalue weighted by Crippen LogP contribution is 2.67. The van der Waals surface area contributed by atoms with Gasteiger partial charge in [0.05, 0.1) is 6.10 Å². The molecule has 0 spiro atoms. The normalized spacial score (nSPS) is 60.0. The minimum atomic E-state index is -0.00121. The molecular formula is C19H31IO. The molecule has 0 aromatic rings. The highest BCUT2D eigenvalue weighted by Gasteiger charge is 2.59. The summed E-state index contributed by atoms with van der Waals surface area (Å²) in [5.41, 5.74) is 1.19. The summed E-state index contributed by atoms with van der Waals surface area (Å²) in [6.07, 6.45) is 12.2. The lowest BCUT2D eigenvalue weighted by Gasteiger charge is -2.60. The molecule has 0 saturated heterocycles. The predicted molar refractivity (Wildman–Crippen MR) is 95.5 cm³/mol. The Labute approximate surface area is 143 Å². The van der Waals surface area contributed by atoms with Crippen LogP contribution in [0.25, 0.3) is 0 Å². The third-order valence-corrected chi connectivity index (χ3v) is 10.6. The maximum absolute atomic E-state index is 10.1. The fourth-order valence-corrected chi connectivity index (χ4v) is 8.30. The molecule has 0 amide bonds. The number of aliphatic hydroxyl groups is 1. The number of halogens is 1. The highest BCUT2D eigenvalue weighted by atomic mass is 127. The van der Waals surface area contributed by atoms with Crippen LogP contribution in [0.1, 0.15) is 71.6 Å². The van der Waals surface area contributed by atoms with E-state index in [1.807, 2.05) is 0 Å². The molecule has 4 aliphatic rings. The van der Waals surface area contributed by atoms with E-state index in [0.717, 1.165) is 40.4 Å². The molecule has 1 N–H and O–H groups in total. The van der Waals surface area contributed by atoms with E-state index in [1.54, 1.807) is 0 Å². The standard InChI is InChI=1S/C19H31IO/c1-18-9-7-13(21)11-12(18)3-4-14-15-5-6-17(20)19(15,2)10-8-16(14)18/h12-17,21H,3-11H2,1-2H3/t12-,13-,14-,15-,16-,17-,18-,19-/m0/s1. The fourth-order valence-electron chi connectivity index (χ4n) is 7.17. The van der Waals surface area contributed by atoms with E-state index >= 15 is 0 Å². The number of hydrogen-bond acceptors (Lipinski definition) is 1. The van der Waals surface area contributed by atoms with Crippen LogP contribution in [0.2, 0.25) is 0 Å². The minimum Gasteiger partial charge on any atom is -0.393 e. The van der Waals surface area contributed by atoms with Gasteiger partial charge in [0, 0.05) is 3.92 Å². The zero-order chi connectivity index (χ0) is 14.8. The quantitative estimate of drug-likeness (QED) is 0.437. The van der Waals surface area contributed by atoms with Crippen molar-refractivity contribution in [2.24, 2.45) is 34.5 Å². The summed E-state index contributed by atoms with van der Waals surface area (Å²) >= 11 is 2.76. The summed E-state index contributed by atoms with van der Waals surface area (Å²) in [7, 11) is 0. The molecule has 1 nitrogen and oxygen atoms in total. The van der Waals surface area contributed by atoms with E-state index in [1.165, 1.54) is 44.9 Å². The topological polar surface area (TPSA) is 20.2 Å². The second-order valence-electron chi connectivity index (χ2n) is 9.17. The molecule has 4 saturated carbocycles. The van der Waals surface area contributed by atoms with Crippen molar-refractivity contribution in [1.82, 2.24) is 0 Å². The smallest absolute Gasteiger partial charge is 0.0543 e. The molecule has 4 rings (SSSR count). The van der Waals surface area contributed by atoms with Gasteiger partial charge in [0.2, 0.25) is 0 Å². The van der Waals surface area contributed by atoms with Gasteiger partial charge in [-0.1, -0.05) is 36.4 Å². The highest BCUT2D eigenvalue weighted by molar-refractivity contribution is 14.1. The summed E-state index contributed by atoms with van der Waals surface area (Å²) in [4.78, 5) is 0. The number of rotatable bonds is 0. The van der Waals surface area contributed by atoms with Crippen LogP contribution in [0, 0.1) is 34.5 Å². The Morgan fingerprint density at radius 3 is 2.38 bits per heavy atom. The molecule has 120 valence electrons. The summed E-state index contributed by atoms with van der Waals surface area (Å²) in [5.74, 6) is 3.77. The van der Waals surface area contributed by atoms with Crippen molar-refractivity contribution in [2.45, 2.75) is 81.7 Å². The Balaban J connectivity index is 1.62. The van der Waals surface area contributed by atoms with Crippen molar-refractivity contribution in [3.63, 3.8) is 0 Å². The molecule has 0 bridgehead atoms. The zero-order valence-corrected chi connectivity index (χ0v) is 15.8. The van der Waals surface area contributed by atoms with Gasteiger partial charge < -0.3 is 5.11 Å². The van der Waals surface area contributed by atoms with E-state index in [-0.39, 0.29) is 6.10 Å². The zero-order valence-electron chi connectivity index (χ0n) is 13.7. The number of alkyl halides is 1. The second kappa shape index (κ2) is 5.09.